The SMILES string of the molecule is CC/C=C\C/C=C\C/C=C\C/C=C\C/C=C\C/C=C\C/C=C\C/C=C\CCCCCCCCCCCCC(=O)OC(COC(=O)CCCCCCC/C=C\CCCCC)COC(OCC[N+](C)(C)C)C(=O)[O-]. The van der Waals surface area contributed by atoms with E-state index in [4.69, 9.17) is 18.9 Å². The van der Waals surface area contributed by atoms with Gasteiger partial charge in [-0.2, -0.15) is 0 Å². The number of carboxylic acids is 1. The van der Waals surface area contributed by atoms with E-state index in [0.717, 1.165) is 116 Å². The standard InChI is InChI=1S/C63H105NO8/c1-6-8-10-12-14-16-18-20-21-22-23-24-25-26-27-28-29-30-31-32-33-34-35-36-37-38-39-40-41-42-44-46-48-50-52-54-61(66)72-59(58-71-63(62(67)68)69-56-55-64(3,4)5)57-70-60(65)53-51-49-47-45-43-19-17-15-13-11-9-7-2/h8,10,14-17,20-21,23-24,26-27,29-30,32-33,35-36,59,63H,6-7,9,11-13,18-19,22,25,28,31,34,37-58H2,1-5H3/b10-8-,16-14-,17-15-,21-20-,24-23-,27-26-,30-29-,33-32-,36-35-. The number of carboxylic acid groups (broad SMARTS) is 1. The Kier molecular flexibility index (Phi) is 50.3. The smallest absolute Gasteiger partial charge is 0.306 e. The Morgan fingerprint density at radius 2 is 0.792 bits per heavy atom. The summed E-state index contributed by atoms with van der Waals surface area (Å²) >= 11 is 0. The van der Waals surface area contributed by atoms with Gasteiger partial charge in [-0.25, -0.2) is 0 Å². The van der Waals surface area contributed by atoms with Crippen molar-refractivity contribution in [2.75, 3.05) is 47.5 Å². The van der Waals surface area contributed by atoms with Gasteiger partial charge in [0.05, 0.1) is 40.3 Å². The molecule has 9 heteroatoms. The topological polar surface area (TPSA) is 111 Å². The van der Waals surface area contributed by atoms with Gasteiger partial charge in [0.2, 0.25) is 0 Å². The first-order valence-electron chi connectivity index (χ1n) is 28.5. The minimum Gasteiger partial charge on any atom is -0.545 e. The minimum absolute atomic E-state index is 0.141. The summed E-state index contributed by atoms with van der Waals surface area (Å²) in [6, 6.07) is 0. The summed E-state index contributed by atoms with van der Waals surface area (Å²) in [6.07, 6.45) is 70.0. The number of nitrogens with zero attached hydrogens (tertiary/aromatic N) is 1. The van der Waals surface area contributed by atoms with Crippen LogP contribution < -0.4 is 5.11 Å². The Balaban J connectivity index is 4.18. The molecule has 410 valence electrons. The molecular weight excluding hydrogens is 899 g/mol. The number of unbranched alkanes of at least 4 members (excludes halogenated alkanes) is 18. The molecule has 0 aromatic carbocycles. The second kappa shape index (κ2) is 53.2. The average molecular weight is 1000 g/mol. The lowest BCUT2D eigenvalue weighted by Crippen LogP contribution is -2.44. The average Bonchev–Trinajstić information content (AvgIpc) is 3.35. The van der Waals surface area contributed by atoms with E-state index in [0.29, 0.717) is 17.4 Å². The predicted molar refractivity (Wildman–Crippen MR) is 301 cm³/mol. The van der Waals surface area contributed by atoms with E-state index < -0.39 is 24.3 Å². The number of ether oxygens (including phenoxy) is 4. The number of likely N-dealkylation sites (N-methyl/N-ethyl adjacent to an activating group) is 1. The van der Waals surface area contributed by atoms with Gasteiger partial charge in [0.1, 0.15) is 13.2 Å². The number of carbonyl (C=O) groups is 3. The first-order valence-corrected chi connectivity index (χ1v) is 28.5. The Bertz CT molecular complexity index is 1540. The molecule has 0 aliphatic rings. The molecule has 0 aromatic heterocycles. The zero-order chi connectivity index (χ0) is 52.7. The van der Waals surface area contributed by atoms with Gasteiger partial charge in [-0.05, 0) is 103 Å². The number of rotatable bonds is 51. The van der Waals surface area contributed by atoms with Crippen molar-refractivity contribution >= 4 is 17.9 Å². The Labute approximate surface area is 441 Å². The van der Waals surface area contributed by atoms with Crippen LogP contribution in [0.25, 0.3) is 0 Å². The molecule has 0 fully saturated rings. The first kappa shape index (κ1) is 68.0. The van der Waals surface area contributed by atoms with Crippen molar-refractivity contribution in [1.82, 2.24) is 0 Å². The second-order valence-corrected chi connectivity index (χ2v) is 19.8. The Morgan fingerprint density at radius 3 is 1.19 bits per heavy atom. The van der Waals surface area contributed by atoms with Crippen LogP contribution >= 0.6 is 0 Å². The number of hydrogen-bond acceptors (Lipinski definition) is 8. The molecule has 0 spiro atoms. The molecule has 0 N–H and O–H groups in total. The number of allylic oxidation sites excluding steroid dienone is 18. The lowest BCUT2D eigenvalue weighted by atomic mass is 10.0. The Hall–Kier alpha value is -4.05. The highest BCUT2D eigenvalue weighted by Crippen LogP contribution is 2.14. The van der Waals surface area contributed by atoms with Gasteiger partial charge < -0.3 is 33.3 Å². The lowest BCUT2D eigenvalue weighted by molar-refractivity contribution is -0.870. The normalized spacial score (nSPS) is 13.6. The summed E-state index contributed by atoms with van der Waals surface area (Å²) in [6.45, 7) is 4.57. The summed E-state index contributed by atoms with van der Waals surface area (Å²) in [7, 11) is 5.90. The highest BCUT2D eigenvalue weighted by Gasteiger charge is 2.22. The van der Waals surface area contributed by atoms with Crippen LogP contribution in [0.5, 0.6) is 0 Å². The molecule has 0 amide bonds. The van der Waals surface area contributed by atoms with E-state index in [9.17, 15) is 19.5 Å². The van der Waals surface area contributed by atoms with Crippen LogP contribution in [-0.4, -0.2) is 82.3 Å². The number of aliphatic carboxylic acids is 1. The quantitative estimate of drug-likeness (QED) is 0.0195. The van der Waals surface area contributed by atoms with Crippen molar-refractivity contribution in [3.8, 4) is 0 Å². The summed E-state index contributed by atoms with van der Waals surface area (Å²) < 4.78 is 22.6. The third-order valence-corrected chi connectivity index (χ3v) is 11.8. The summed E-state index contributed by atoms with van der Waals surface area (Å²) in [5, 5.41) is 11.7. The monoisotopic (exact) mass is 1000 g/mol. The lowest BCUT2D eigenvalue weighted by Gasteiger charge is -2.26. The molecule has 0 aliphatic carbocycles. The molecule has 72 heavy (non-hydrogen) atoms. The van der Waals surface area contributed by atoms with Gasteiger partial charge in [0.25, 0.3) is 0 Å². The van der Waals surface area contributed by atoms with Crippen molar-refractivity contribution < 1.29 is 42.9 Å². The van der Waals surface area contributed by atoms with E-state index in [1.54, 1.807) is 0 Å². The molecule has 0 rings (SSSR count). The maximum Gasteiger partial charge on any atom is 0.306 e. The number of quaternary nitrogens is 1. The van der Waals surface area contributed by atoms with E-state index in [1.165, 1.54) is 64.2 Å². The molecule has 0 saturated carbocycles. The highest BCUT2D eigenvalue weighted by atomic mass is 16.7. The maximum atomic E-state index is 12.8. The molecule has 0 aromatic rings. The Morgan fingerprint density at radius 1 is 0.431 bits per heavy atom. The summed E-state index contributed by atoms with van der Waals surface area (Å²) in [5.41, 5.74) is 0. The minimum atomic E-state index is -1.63. The predicted octanol–water partition coefficient (Wildman–Crippen LogP) is 15.4. The van der Waals surface area contributed by atoms with Gasteiger partial charge >= 0.3 is 11.9 Å². The van der Waals surface area contributed by atoms with Crippen LogP contribution in [0.1, 0.15) is 213 Å². The largest absolute Gasteiger partial charge is 0.545 e. The van der Waals surface area contributed by atoms with Gasteiger partial charge in [0, 0.05) is 12.8 Å². The van der Waals surface area contributed by atoms with E-state index in [-0.39, 0.29) is 38.6 Å². The third-order valence-electron chi connectivity index (χ3n) is 11.8. The molecule has 0 aliphatic heterocycles. The van der Waals surface area contributed by atoms with Crippen LogP contribution in [0.15, 0.2) is 109 Å². The van der Waals surface area contributed by atoms with Crippen molar-refractivity contribution in [3.05, 3.63) is 109 Å². The molecule has 2 unspecified atom stereocenters. The highest BCUT2D eigenvalue weighted by molar-refractivity contribution is 5.70. The third kappa shape index (κ3) is 53.7. The fourth-order valence-electron chi connectivity index (χ4n) is 7.37. The number of esters is 2. The molecule has 9 nitrogen and oxygen atoms in total. The van der Waals surface area contributed by atoms with E-state index >= 15 is 0 Å². The van der Waals surface area contributed by atoms with Crippen molar-refractivity contribution in [2.45, 2.75) is 225 Å². The molecule has 0 radical (unpaired) electrons. The number of hydrogen-bond donors (Lipinski definition) is 0. The zero-order valence-electron chi connectivity index (χ0n) is 46.5. The van der Waals surface area contributed by atoms with Crippen LogP contribution in [0, 0.1) is 0 Å². The van der Waals surface area contributed by atoms with Gasteiger partial charge in [-0.1, -0.05) is 207 Å². The fraction of sp³-hybridized carbons (Fsp3) is 0.667. The van der Waals surface area contributed by atoms with Gasteiger partial charge in [-0.3, -0.25) is 9.59 Å². The van der Waals surface area contributed by atoms with Gasteiger partial charge in [0.15, 0.2) is 12.4 Å². The first-order chi connectivity index (χ1) is 35.1. The molecule has 0 bridgehead atoms. The van der Waals surface area contributed by atoms with Crippen molar-refractivity contribution in [1.29, 1.82) is 0 Å². The molecule has 2 atom stereocenters. The van der Waals surface area contributed by atoms with Crippen molar-refractivity contribution in [3.63, 3.8) is 0 Å². The van der Waals surface area contributed by atoms with Crippen LogP contribution in [-0.2, 0) is 33.3 Å². The van der Waals surface area contributed by atoms with Crippen LogP contribution in [0.4, 0.5) is 0 Å². The molecular formula is C63H105NO8. The van der Waals surface area contributed by atoms with Gasteiger partial charge in [-0.15, -0.1) is 0 Å². The molecule has 0 saturated heterocycles. The van der Waals surface area contributed by atoms with E-state index in [2.05, 4.69) is 123 Å². The zero-order valence-corrected chi connectivity index (χ0v) is 46.5. The van der Waals surface area contributed by atoms with Crippen molar-refractivity contribution in [2.24, 2.45) is 0 Å². The summed E-state index contributed by atoms with van der Waals surface area (Å²) in [4.78, 5) is 37.2. The maximum absolute atomic E-state index is 12.8. The van der Waals surface area contributed by atoms with Crippen LogP contribution in [0.2, 0.25) is 0 Å². The second-order valence-electron chi connectivity index (χ2n) is 19.8. The van der Waals surface area contributed by atoms with E-state index in [1.807, 2.05) is 21.1 Å². The fourth-order valence-corrected chi connectivity index (χ4v) is 7.37. The molecule has 0 heterocycles. The van der Waals surface area contributed by atoms with Crippen LogP contribution in [0.3, 0.4) is 0 Å². The number of carbonyl (C=O) groups excluding carboxylic acids is 3. The summed E-state index contributed by atoms with van der Waals surface area (Å²) in [5.74, 6) is -2.31.